The largest absolute Gasteiger partial charge is 0.309 e. The molecular weight excluding hydrogens is 546 g/mol. The highest BCUT2D eigenvalue weighted by Crippen LogP contribution is 2.49. The van der Waals surface area contributed by atoms with Crippen LogP contribution >= 0.6 is 0 Å². The summed E-state index contributed by atoms with van der Waals surface area (Å²) in [6.45, 7) is 0. The summed E-state index contributed by atoms with van der Waals surface area (Å²) in [5.74, 6) is 0. The first-order valence-electron chi connectivity index (χ1n) is 15.6. The van der Waals surface area contributed by atoms with Crippen LogP contribution in [0.5, 0.6) is 0 Å². The number of hydrogen-bond acceptors (Lipinski definition) is 0. The lowest BCUT2D eigenvalue weighted by molar-refractivity contribution is 1.18. The van der Waals surface area contributed by atoms with Crippen LogP contribution < -0.4 is 0 Å². The molecule has 0 fully saturated rings. The molecular formula is C42H23N3. The standard InChI is InChI=1S/C42H23N3/c1-2-11-24(12-3-1)43-32-19-8-5-14-26(32)37-34(43)21-22-35-38(37)28-16-10-17-29-39-36(45(35)41(28)29)23-30-25-13-4-7-18-31(25)44-33-20-9-6-15-27(33)40(39)42(30)44/h1-23H. The monoisotopic (exact) mass is 569 g/mol. The molecule has 0 aliphatic heterocycles. The van der Waals surface area contributed by atoms with E-state index in [4.69, 9.17) is 0 Å². The van der Waals surface area contributed by atoms with E-state index in [1.54, 1.807) is 0 Å². The summed E-state index contributed by atoms with van der Waals surface area (Å²) in [5.41, 5.74) is 11.4. The molecule has 0 saturated heterocycles. The molecule has 206 valence electrons. The number of para-hydroxylation sites is 5. The molecule has 0 radical (unpaired) electrons. The average Bonchev–Trinajstić information content (AvgIpc) is 3.88. The molecule has 3 heteroatoms. The van der Waals surface area contributed by atoms with E-state index < -0.39 is 0 Å². The van der Waals surface area contributed by atoms with Gasteiger partial charge in [-0.25, -0.2) is 0 Å². The van der Waals surface area contributed by atoms with Gasteiger partial charge in [-0.2, -0.15) is 0 Å². The van der Waals surface area contributed by atoms with Crippen molar-refractivity contribution >= 4 is 98.0 Å². The van der Waals surface area contributed by atoms with Crippen LogP contribution in [0.15, 0.2) is 140 Å². The quantitative estimate of drug-likeness (QED) is 0.187. The van der Waals surface area contributed by atoms with Gasteiger partial charge in [0.15, 0.2) is 0 Å². The molecule has 12 aromatic rings. The fourth-order valence-electron chi connectivity index (χ4n) is 8.88. The first kappa shape index (κ1) is 22.5. The van der Waals surface area contributed by atoms with Crippen molar-refractivity contribution in [1.29, 1.82) is 0 Å². The second kappa shape index (κ2) is 7.53. The Kier molecular flexibility index (Phi) is 3.76. The number of fused-ring (bicyclic) bond motifs is 17. The number of nitrogens with zero attached hydrogens (tertiary/aromatic N) is 3. The Balaban J connectivity index is 1.37. The van der Waals surface area contributed by atoms with E-state index in [1.807, 2.05) is 0 Å². The van der Waals surface area contributed by atoms with E-state index in [2.05, 4.69) is 153 Å². The second-order valence-corrected chi connectivity index (χ2v) is 12.5. The molecule has 0 aliphatic rings. The Hall–Kier alpha value is -6.06. The van der Waals surface area contributed by atoms with Crippen molar-refractivity contribution in [3.63, 3.8) is 0 Å². The van der Waals surface area contributed by atoms with Gasteiger partial charge in [0.05, 0.1) is 44.1 Å². The molecule has 0 saturated carbocycles. The van der Waals surface area contributed by atoms with Gasteiger partial charge >= 0.3 is 0 Å². The van der Waals surface area contributed by atoms with E-state index in [1.165, 1.54) is 104 Å². The van der Waals surface area contributed by atoms with Crippen molar-refractivity contribution in [2.24, 2.45) is 0 Å². The molecule has 3 nitrogen and oxygen atoms in total. The fourth-order valence-corrected chi connectivity index (χ4v) is 8.88. The average molecular weight is 570 g/mol. The minimum atomic E-state index is 1.19. The SMILES string of the molecule is c1ccc(-n2c3ccccc3c3c4c5cccc6c7c8c9ccccc9n9c%10ccccc%10c(cc7n(c4ccc32)c56)c89)cc1. The van der Waals surface area contributed by atoms with Gasteiger partial charge in [-0.3, -0.25) is 0 Å². The van der Waals surface area contributed by atoms with Gasteiger partial charge < -0.3 is 13.4 Å². The van der Waals surface area contributed by atoms with Gasteiger partial charge in [0.25, 0.3) is 0 Å². The normalized spacial score (nSPS) is 12.9. The minimum Gasteiger partial charge on any atom is -0.309 e. The summed E-state index contributed by atoms with van der Waals surface area (Å²) >= 11 is 0. The molecule has 0 spiro atoms. The number of aromatic nitrogens is 3. The molecule has 5 heterocycles. The predicted molar refractivity (Wildman–Crippen MR) is 190 cm³/mol. The van der Waals surface area contributed by atoms with Crippen LogP contribution in [-0.4, -0.2) is 13.4 Å². The lowest BCUT2D eigenvalue weighted by Crippen LogP contribution is -1.92. The Bertz CT molecular complexity index is 3190. The molecule has 0 amide bonds. The van der Waals surface area contributed by atoms with Crippen LogP contribution in [0.1, 0.15) is 0 Å². The summed E-state index contributed by atoms with van der Waals surface area (Å²) in [6, 6.07) is 51.5. The zero-order valence-corrected chi connectivity index (χ0v) is 24.1. The predicted octanol–water partition coefficient (Wildman–Crippen LogP) is 11.1. The molecule has 0 unspecified atom stereocenters. The third-order valence-corrected chi connectivity index (χ3v) is 10.5. The van der Waals surface area contributed by atoms with Crippen molar-refractivity contribution in [3.05, 3.63) is 140 Å². The molecule has 0 bridgehead atoms. The van der Waals surface area contributed by atoms with Crippen molar-refractivity contribution in [3.8, 4) is 5.69 Å². The molecule has 0 atom stereocenters. The van der Waals surface area contributed by atoms with Crippen LogP contribution in [0, 0.1) is 0 Å². The number of benzene rings is 7. The van der Waals surface area contributed by atoms with Gasteiger partial charge in [-0.1, -0.05) is 91.0 Å². The van der Waals surface area contributed by atoms with Gasteiger partial charge in [-0.05, 0) is 48.5 Å². The van der Waals surface area contributed by atoms with Crippen LogP contribution in [0.25, 0.3) is 104 Å². The zero-order valence-electron chi connectivity index (χ0n) is 24.1. The maximum absolute atomic E-state index is 2.56. The Morgan fingerprint density at radius 1 is 0.289 bits per heavy atom. The highest BCUT2D eigenvalue weighted by molar-refractivity contribution is 6.39. The van der Waals surface area contributed by atoms with Gasteiger partial charge in [-0.15, -0.1) is 0 Å². The molecule has 12 rings (SSSR count). The van der Waals surface area contributed by atoms with E-state index in [0.717, 1.165) is 0 Å². The summed E-state index contributed by atoms with van der Waals surface area (Å²) in [7, 11) is 0. The summed E-state index contributed by atoms with van der Waals surface area (Å²) in [4.78, 5) is 0. The van der Waals surface area contributed by atoms with Crippen molar-refractivity contribution < 1.29 is 0 Å². The van der Waals surface area contributed by atoms with Crippen LogP contribution in [0.2, 0.25) is 0 Å². The first-order valence-corrected chi connectivity index (χ1v) is 15.6. The topological polar surface area (TPSA) is 13.8 Å². The Morgan fingerprint density at radius 3 is 1.60 bits per heavy atom. The van der Waals surface area contributed by atoms with Crippen molar-refractivity contribution in [2.75, 3.05) is 0 Å². The molecule has 45 heavy (non-hydrogen) atoms. The Morgan fingerprint density at radius 2 is 0.822 bits per heavy atom. The van der Waals surface area contributed by atoms with E-state index in [0.29, 0.717) is 0 Å². The van der Waals surface area contributed by atoms with E-state index >= 15 is 0 Å². The maximum atomic E-state index is 2.56. The van der Waals surface area contributed by atoms with Gasteiger partial charge in [0.2, 0.25) is 0 Å². The smallest absolute Gasteiger partial charge is 0.0628 e. The lowest BCUT2D eigenvalue weighted by atomic mass is 10.00. The second-order valence-electron chi connectivity index (χ2n) is 12.5. The van der Waals surface area contributed by atoms with Crippen LogP contribution in [0.4, 0.5) is 0 Å². The summed E-state index contributed by atoms with van der Waals surface area (Å²) < 4.78 is 7.47. The third-order valence-electron chi connectivity index (χ3n) is 10.5. The highest BCUT2D eigenvalue weighted by atomic mass is 15.0. The van der Waals surface area contributed by atoms with Gasteiger partial charge in [0, 0.05) is 59.5 Å². The zero-order chi connectivity index (χ0) is 29.0. The molecule has 7 aromatic carbocycles. The fraction of sp³-hybridized carbons (Fsp3) is 0. The highest BCUT2D eigenvalue weighted by Gasteiger charge is 2.26. The number of rotatable bonds is 1. The lowest BCUT2D eigenvalue weighted by Gasteiger charge is -2.07. The number of hydrogen-bond donors (Lipinski definition) is 0. The summed E-state index contributed by atoms with van der Waals surface area (Å²) in [6.07, 6.45) is 0. The Labute approximate surface area is 256 Å². The maximum Gasteiger partial charge on any atom is 0.0628 e. The van der Waals surface area contributed by atoms with Gasteiger partial charge in [0.1, 0.15) is 0 Å². The van der Waals surface area contributed by atoms with Crippen molar-refractivity contribution in [2.45, 2.75) is 0 Å². The van der Waals surface area contributed by atoms with E-state index in [-0.39, 0.29) is 0 Å². The molecule has 5 aromatic heterocycles. The van der Waals surface area contributed by atoms with E-state index in [9.17, 15) is 0 Å². The van der Waals surface area contributed by atoms with Crippen LogP contribution in [-0.2, 0) is 0 Å². The third kappa shape index (κ3) is 2.43. The summed E-state index contributed by atoms with van der Waals surface area (Å²) in [5, 5.41) is 13.2. The molecule has 0 aliphatic carbocycles. The van der Waals surface area contributed by atoms with Crippen molar-refractivity contribution in [1.82, 2.24) is 13.4 Å². The van der Waals surface area contributed by atoms with Crippen LogP contribution in [0.3, 0.4) is 0 Å². The molecule has 0 N–H and O–H groups in total. The minimum absolute atomic E-state index is 1.19. The first-order chi connectivity index (χ1) is 22.4.